The quantitative estimate of drug-likeness (QED) is 0.221. The van der Waals surface area contributed by atoms with Crippen molar-refractivity contribution in [1.29, 1.82) is 0 Å². The molecule has 0 bridgehead atoms. The van der Waals surface area contributed by atoms with Crippen molar-refractivity contribution in [1.82, 2.24) is 9.66 Å². The predicted molar refractivity (Wildman–Crippen MR) is 154 cm³/mol. The fraction of sp³-hybridized carbons (Fsp3) is 0.214. The maximum absolute atomic E-state index is 13.4. The van der Waals surface area contributed by atoms with Crippen molar-refractivity contribution in [2.24, 2.45) is 5.10 Å². The zero-order valence-corrected chi connectivity index (χ0v) is 23.7. The molecule has 11 heteroatoms. The Kier molecular flexibility index (Phi) is 8.98. The lowest BCUT2D eigenvalue weighted by molar-refractivity contribution is -0.118. The Morgan fingerprint density at radius 1 is 1.26 bits per heavy atom. The molecular weight excluding hydrogens is 591 g/mol. The Morgan fingerprint density at radius 3 is 2.77 bits per heavy atom. The molecule has 0 spiro atoms. The average molecular weight is 616 g/mol. The van der Waals surface area contributed by atoms with Gasteiger partial charge in [-0.15, -0.1) is 0 Å². The highest BCUT2D eigenvalue weighted by atomic mass is 79.9. The Labute approximate surface area is 237 Å². The van der Waals surface area contributed by atoms with Gasteiger partial charge in [0.2, 0.25) is 0 Å². The minimum Gasteiger partial charge on any atom is -0.493 e. The number of methoxy groups -OCH3 is 1. The number of fused-ring (bicyclic) bond motifs is 1. The minimum atomic E-state index is -0.503. The summed E-state index contributed by atoms with van der Waals surface area (Å²) in [5.41, 5.74) is 1.13. The monoisotopic (exact) mass is 614 g/mol. The fourth-order valence-electron chi connectivity index (χ4n) is 3.76. The summed E-state index contributed by atoms with van der Waals surface area (Å²) in [7, 11) is 1.43. The maximum Gasteiger partial charge on any atom is 0.282 e. The molecule has 0 aliphatic carbocycles. The van der Waals surface area contributed by atoms with Crippen molar-refractivity contribution in [3.63, 3.8) is 0 Å². The predicted octanol–water partition coefficient (Wildman–Crippen LogP) is 6.37. The van der Waals surface area contributed by atoms with Gasteiger partial charge in [0.25, 0.3) is 11.5 Å². The number of halogens is 3. The SMILES string of the molecule is CC[C@H](C)c1nc2ccc(Br)cc2c(=O)n1N=Cc1cc(Cl)c(OCC(=O)Nc2cccc(F)c2)c(OC)c1. The lowest BCUT2D eigenvalue weighted by atomic mass is 10.1. The Balaban J connectivity index is 1.60. The van der Waals surface area contributed by atoms with Crippen LogP contribution in [0.25, 0.3) is 10.9 Å². The van der Waals surface area contributed by atoms with Gasteiger partial charge >= 0.3 is 0 Å². The van der Waals surface area contributed by atoms with Crippen LogP contribution in [0.4, 0.5) is 10.1 Å². The van der Waals surface area contributed by atoms with E-state index in [1.165, 1.54) is 36.2 Å². The van der Waals surface area contributed by atoms with Crippen LogP contribution in [0.2, 0.25) is 5.02 Å². The molecule has 0 fully saturated rings. The number of aromatic nitrogens is 2. The van der Waals surface area contributed by atoms with Crippen LogP contribution in [0, 0.1) is 5.82 Å². The summed E-state index contributed by atoms with van der Waals surface area (Å²) in [6, 6.07) is 14.1. The standard InChI is InChI=1S/C28H25BrClFN4O4/c1-4-16(2)27-34-23-9-8-18(29)12-21(23)28(37)35(27)32-14-17-10-22(30)26(24(11-17)38-3)39-15-25(36)33-20-7-5-6-19(31)13-20/h5-14,16H,4,15H2,1-3H3,(H,33,36)/t16-/m0/s1. The molecule has 4 aromatic rings. The number of carbonyl (C=O) groups is 1. The van der Waals surface area contributed by atoms with Gasteiger partial charge in [0.15, 0.2) is 18.1 Å². The Hall–Kier alpha value is -3.76. The number of carbonyl (C=O) groups excluding carboxylic acids is 1. The van der Waals surface area contributed by atoms with Gasteiger partial charge in [-0.3, -0.25) is 9.59 Å². The van der Waals surface area contributed by atoms with Gasteiger partial charge in [0.1, 0.15) is 11.6 Å². The van der Waals surface area contributed by atoms with E-state index >= 15 is 0 Å². The summed E-state index contributed by atoms with van der Waals surface area (Å²) >= 11 is 9.86. The normalized spacial score (nSPS) is 12.1. The fourth-order valence-corrected chi connectivity index (χ4v) is 4.39. The third-order valence-electron chi connectivity index (χ3n) is 5.92. The minimum absolute atomic E-state index is 0.0182. The summed E-state index contributed by atoms with van der Waals surface area (Å²) in [4.78, 5) is 30.3. The van der Waals surface area contributed by atoms with E-state index in [2.05, 4.69) is 26.3 Å². The van der Waals surface area contributed by atoms with Crippen molar-refractivity contribution >= 4 is 56.2 Å². The molecule has 1 heterocycles. The first-order valence-corrected chi connectivity index (χ1v) is 13.2. The number of nitrogens with one attached hydrogen (secondary N) is 1. The molecule has 8 nitrogen and oxygen atoms in total. The van der Waals surface area contributed by atoms with E-state index < -0.39 is 11.7 Å². The topological polar surface area (TPSA) is 94.8 Å². The van der Waals surface area contributed by atoms with Crippen molar-refractivity contribution in [2.45, 2.75) is 26.2 Å². The van der Waals surface area contributed by atoms with Crippen LogP contribution in [0.3, 0.4) is 0 Å². The third kappa shape index (κ3) is 6.63. The summed E-state index contributed by atoms with van der Waals surface area (Å²) in [5.74, 6) is -0.0394. The van der Waals surface area contributed by atoms with Crippen molar-refractivity contribution in [2.75, 3.05) is 19.0 Å². The molecule has 4 rings (SSSR count). The third-order valence-corrected chi connectivity index (χ3v) is 6.69. The lowest BCUT2D eigenvalue weighted by Crippen LogP contribution is -2.23. The molecule has 1 amide bonds. The number of anilines is 1. The van der Waals surface area contributed by atoms with Crippen molar-refractivity contribution in [3.05, 3.63) is 91.7 Å². The van der Waals surface area contributed by atoms with Crippen LogP contribution < -0.4 is 20.3 Å². The van der Waals surface area contributed by atoms with Gasteiger partial charge in [-0.25, -0.2) is 9.37 Å². The van der Waals surface area contributed by atoms with Gasteiger partial charge in [0, 0.05) is 16.1 Å². The van der Waals surface area contributed by atoms with Crippen LogP contribution >= 0.6 is 27.5 Å². The zero-order valence-electron chi connectivity index (χ0n) is 21.4. The molecule has 1 atom stereocenters. The molecule has 1 aromatic heterocycles. The number of hydrogen-bond acceptors (Lipinski definition) is 6. The Bertz CT molecular complexity index is 1630. The molecule has 0 aliphatic rings. The number of hydrogen-bond donors (Lipinski definition) is 1. The van der Waals surface area contributed by atoms with Crippen LogP contribution in [0.15, 0.2) is 69.0 Å². The molecule has 39 heavy (non-hydrogen) atoms. The average Bonchev–Trinajstić information content (AvgIpc) is 2.91. The summed E-state index contributed by atoms with van der Waals surface area (Å²) in [6.45, 7) is 3.61. The number of nitrogens with zero attached hydrogens (tertiary/aromatic N) is 3. The maximum atomic E-state index is 13.4. The second kappa shape index (κ2) is 12.4. The smallest absolute Gasteiger partial charge is 0.282 e. The van der Waals surface area contributed by atoms with E-state index in [1.54, 1.807) is 30.3 Å². The van der Waals surface area contributed by atoms with Crippen molar-refractivity contribution in [3.8, 4) is 11.5 Å². The van der Waals surface area contributed by atoms with Crippen LogP contribution in [0.5, 0.6) is 11.5 Å². The first-order valence-electron chi connectivity index (χ1n) is 12.0. The molecular formula is C28H25BrClFN4O4. The number of ether oxygens (including phenoxy) is 2. The van der Waals surface area contributed by atoms with E-state index in [1.807, 2.05) is 19.9 Å². The number of benzene rings is 3. The molecule has 202 valence electrons. The molecule has 0 unspecified atom stereocenters. The van der Waals surface area contributed by atoms with E-state index in [-0.39, 0.29) is 34.6 Å². The molecule has 3 aromatic carbocycles. The second-order valence-electron chi connectivity index (χ2n) is 8.68. The molecule has 0 radical (unpaired) electrons. The van der Waals surface area contributed by atoms with Crippen LogP contribution in [-0.4, -0.2) is 35.5 Å². The molecule has 0 aliphatic heterocycles. The highest BCUT2D eigenvalue weighted by molar-refractivity contribution is 9.10. The van der Waals surface area contributed by atoms with E-state index in [9.17, 15) is 14.0 Å². The first kappa shape index (κ1) is 28.3. The van der Waals surface area contributed by atoms with E-state index in [0.717, 1.165) is 10.9 Å². The van der Waals surface area contributed by atoms with Gasteiger partial charge in [-0.05, 0) is 60.5 Å². The lowest BCUT2D eigenvalue weighted by Gasteiger charge is -2.15. The zero-order chi connectivity index (χ0) is 28.1. The highest BCUT2D eigenvalue weighted by Gasteiger charge is 2.17. The summed E-state index contributed by atoms with van der Waals surface area (Å²) in [6.07, 6.45) is 2.25. The molecule has 0 saturated heterocycles. The van der Waals surface area contributed by atoms with Gasteiger partial charge < -0.3 is 14.8 Å². The Morgan fingerprint density at radius 2 is 2.05 bits per heavy atom. The summed E-state index contributed by atoms with van der Waals surface area (Å²) < 4.78 is 26.5. The van der Waals surface area contributed by atoms with E-state index in [4.69, 9.17) is 26.1 Å². The number of rotatable bonds is 9. The van der Waals surface area contributed by atoms with Gasteiger partial charge in [0.05, 0.1) is 29.2 Å². The summed E-state index contributed by atoms with van der Waals surface area (Å²) in [5, 5.41) is 7.61. The largest absolute Gasteiger partial charge is 0.493 e. The van der Waals surface area contributed by atoms with Crippen LogP contribution in [-0.2, 0) is 4.79 Å². The van der Waals surface area contributed by atoms with Gasteiger partial charge in [-0.1, -0.05) is 47.4 Å². The first-order chi connectivity index (χ1) is 18.7. The van der Waals surface area contributed by atoms with Gasteiger partial charge in [-0.2, -0.15) is 9.78 Å². The van der Waals surface area contributed by atoms with Crippen LogP contribution in [0.1, 0.15) is 37.6 Å². The van der Waals surface area contributed by atoms with Crippen molar-refractivity contribution < 1.29 is 18.7 Å². The molecule has 0 saturated carbocycles. The highest BCUT2D eigenvalue weighted by Crippen LogP contribution is 2.36. The second-order valence-corrected chi connectivity index (χ2v) is 10.0. The van der Waals surface area contributed by atoms with E-state index in [0.29, 0.717) is 28.0 Å². The molecule has 1 N–H and O–H groups in total. The number of amides is 1.